The second kappa shape index (κ2) is 8.42. The van der Waals surface area contributed by atoms with Gasteiger partial charge in [-0.05, 0) is 62.3 Å². The number of aromatic nitrogens is 2. The summed E-state index contributed by atoms with van der Waals surface area (Å²) >= 11 is 0. The quantitative estimate of drug-likeness (QED) is 0.473. The van der Waals surface area contributed by atoms with E-state index in [4.69, 9.17) is 4.98 Å². The maximum Gasteiger partial charge on any atom is 0.254 e. The lowest BCUT2D eigenvalue weighted by Crippen LogP contribution is -2.32. The largest absolute Gasteiger partial charge is 0.327 e. The molecule has 1 saturated carbocycles. The van der Waals surface area contributed by atoms with E-state index >= 15 is 0 Å². The fraction of sp³-hybridized carbons (Fsp3) is 0.357. The highest BCUT2D eigenvalue weighted by atomic mass is 16.2. The van der Waals surface area contributed by atoms with Gasteiger partial charge in [-0.2, -0.15) is 0 Å². The van der Waals surface area contributed by atoms with Gasteiger partial charge in [-0.25, -0.2) is 4.98 Å². The number of nitrogens with zero attached hydrogens (tertiary/aromatic N) is 3. The first-order valence-electron chi connectivity index (χ1n) is 11.7. The van der Waals surface area contributed by atoms with Gasteiger partial charge in [0, 0.05) is 18.7 Å². The standard InChI is InChI=1S/C28H31N3O/c1-19-15-24(21(3)20(19)2)28(32)30(16-22-9-5-4-6-10-22)18-27-29-25-11-7-8-12-26(25)31(27)17-23-13-14-23/h4-12,15,20,23H,13-14,16-18H2,1-3H3. The number of rotatable bonds is 7. The summed E-state index contributed by atoms with van der Waals surface area (Å²) in [5.41, 5.74) is 6.58. The van der Waals surface area contributed by atoms with Crippen molar-refractivity contribution in [2.75, 3.05) is 0 Å². The first-order valence-corrected chi connectivity index (χ1v) is 11.7. The first-order chi connectivity index (χ1) is 15.5. The van der Waals surface area contributed by atoms with Crippen molar-refractivity contribution in [2.45, 2.75) is 53.2 Å². The zero-order chi connectivity index (χ0) is 22.2. The molecule has 1 aromatic heterocycles. The van der Waals surface area contributed by atoms with E-state index in [9.17, 15) is 4.79 Å². The van der Waals surface area contributed by atoms with Crippen LogP contribution in [-0.2, 0) is 24.4 Å². The summed E-state index contributed by atoms with van der Waals surface area (Å²) in [4.78, 5) is 20.7. The number of hydrogen-bond acceptors (Lipinski definition) is 2. The van der Waals surface area contributed by atoms with Crippen molar-refractivity contribution in [3.63, 3.8) is 0 Å². The molecule has 1 unspecified atom stereocenters. The van der Waals surface area contributed by atoms with E-state index < -0.39 is 0 Å². The van der Waals surface area contributed by atoms with Crippen LogP contribution >= 0.6 is 0 Å². The molecule has 4 nitrogen and oxygen atoms in total. The molecule has 1 amide bonds. The van der Waals surface area contributed by atoms with Crippen molar-refractivity contribution in [1.29, 1.82) is 0 Å². The van der Waals surface area contributed by atoms with Gasteiger partial charge in [-0.3, -0.25) is 4.79 Å². The van der Waals surface area contributed by atoms with Crippen LogP contribution in [0.3, 0.4) is 0 Å². The monoisotopic (exact) mass is 425 g/mol. The van der Waals surface area contributed by atoms with E-state index in [0.717, 1.165) is 40.5 Å². The summed E-state index contributed by atoms with van der Waals surface area (Å²) in [5, 5.41) is 0. The van der Waals surface area contributed by atoms with Crippen molar-refractivity contribution in [2.24, 2.45) is 11.8 Å². The van der Waals surface area contributed by atoms with Crippen molar-refractivity contribution < 1.29 is 4.79 Å². The minimum atomic E-state index is 0.0973. The summed E-state index contributed by atoms with van der Waals surface area (Å²) in [6, 6.07) is 18.6. The molecule has 0 spiro atoms. The number of benzene rings is 2. The second-order valence-corrected chi connectivity index (χ2v) is 9.42. The lowest BCUT2D eigenvalue weighted by atomic mass is 9.99. The summed E-state index contributed by atoms with van der Waals surface area (Å²) in [7, 11) is 0. The van der Waals surface area contributed by atoms with Gasteiger partial charge in [0.15, 0.2) is 0 Å². The number of imidazole rings is 1. The molecule has 2 aliphatic rings. The molecule has 1 atom stereocenters. The molecule has 4 heteroatoms. The van der Waals surface area contributed by atoms with Gasteiger partial charge < -0.3 is 9.47 Å². The summed E-state index contributed by atoms with van der Waals surface area (Å²) < 4.78 is 2.35. The van der Waals surface area contributed by atoms with E-state index in [-0.39, 0.29) is 5.91 Å². The minimum absolute atomic E-state index is 0.0973. The van der Waals surface area contributed by atoms with Gasteiger partial charge in [0.25, 0.3) is 5.91 Å². The fourth-order valence-corrected chi connectivity index (χ4v) is 4.62. The molecular formula is C28H31N3O. The second-order valence-electron chi connectivity index (χ2n) is 9.42. The maximum absolute atomic E-state index is 13.8. The Bertz CT molecular complexity index is 1210. The highest BCUT2D eigenvalue weighted by molar-refractivity contribution is 5.98. The molecule has 1 fully saturated rings. The van der Waals surface area contributed by atoms with Crippen LogP contribution in [0.4, 0.5) is 0 Å². The Morgan fingerprint density at radius 3 is 2.44 bits per heavy atom. The molecule has 0 bridgehead atoms. The number of carbonyl (C=O) groups is 1. The molecule has 2 aliphatic carbocycles. The molecule has 0 aliphatic heterocycles. The third-order valence-corrected chi connectivity index (χ3v) is 7.07. The highest BCUT2D eigenvalue weighted by Gasteiger charge is 2.29. The Morgan fingerprint density at radius 1 is 1.03 bits per heavy atom. The van der Waals surface area contributed by atoms with Gasteiger partial charge in [0.05, 0.1) is 17.6 Å². The average molecular weight is 426 g/mol. The van der Waals surface area contributed by atoms with E-state index in [1.807, 2.05) is 29.2 Å². The number of allylic oxidation sites excluding steroid dienone is 2. The van der Waals surface area contributed by atoms with E-state index in [1.165, 1.54) is 23.9 Å². The fourth-order valence-electron chi connectivity index (χ4n) is 4.62. The van der Waals surface area contributed by atoms with Gasteiger partial charge in [0.2, 0.25) is 0 Å². The van der Waals surface area contributed by atoms with Crippen LogP contribution in [0.5, 0.6) is 0 Å². The smallest absolute Gasteiger partial charge is 0.254 e. The third kappa shape index (κ3) is 4.02. The normalized spacial score (nSPS) is 18.3. The first kappa shape index (κ1) is 20.7. The maximum atomic E-state index is 13.8. The van der Waals surface area contributed by atoms with Crippen molar-refractivity contribution in [3.05, 3.63) is 88.8 Å². The molecule has 0 saturated heterocycles. The minimum Gasteiger partial charge on any atom is -0.327 e. The van der Waals surface area contributed by atoms with Gasteiger partial charge in [-0.1, -0.05) is 60.5 Å². The highest BCUT2D eigenvalue weighted by Crippen LogP contribution is 2.34. The van der Waals surface area contributed by atoms with Crippen molar-refractivity contribution in [1.82, 2.24) is 14.5 Å². The Balaban J connectivity index is 1.52. The Morgan fingerprint density at radius 2 is 1.75 bits per heavy atom. The molecule has 0 N–H and O–H groups in total. The predicted octanol–water partition coefficient (Wildman–Crippen LogP) is 5.89. The summed E-state index contributed by atoms with van der Waals surface area (Å²) in [6.45, 7) is 8.45. The molecular weight excluding hydrogens is 394 g/mol. The molecule has 1 heterocycles. The number of amides is 1. The van der Waals surface area contributed by atoms with Gasteiger partial charge in [-0.15, -0.1) is 0 Å². The third-order valence-electron chi connectivity index (χ3n) is 7.07. The topological polar surface area (TPSA) is 38.1 Å². The number of para-hydroxylation sites is 2. The summed E-state index contributed by atoms with van der Waals surface area (Å²) in [6.07, 6.45) is 4.65. The molecule has 2 aromatic carbocycles. The van der Waals surface area contributed by atoms with Crippen LogP contribution < -0.4 is 0 Å². The number of fused-ring (bicyclic) bond motifs is 1. The molecule has 0 radical (unpaired) electrons. The molecule has 164 valence electrons. The van der Waals surface area contributed by atoms with Crippen LogP contribution in [-0.4, -0.2) is 20.4 Å². The van der Waals surface area contributed by atoms with Crippen molar-refractivity contribution >= 4 is 16.9 Å². The van der Waals surface area contributed by atoms with E-state index in [0.29, 0.717) is 19.0 Å². The molecule has 32 heavy (non-hydrogen) atoms. The van der Waals surface area contributed by atoms with Crippen LogP contribution in [0, 0.1) is 11.8 Å². The number of hydrogen-bond donors (Lipinski definition) is 0. The number of carbonyl (C=O) groups excluding carboxylic acids is 1. The van der Waals surface area contributed by atoms with E-state index in [2.05, 4.69) is 61.7 Å². The zero-order valence-corrected chi connectivity index (χ0v) is 19.2. The Kier molecular flexibility index (Phi) is 5.46. The van der Waals surface area contributed by atoms with Crippen LogP contribution in [0.1, 0.15) is 45.0 Å². The predicted molar refractivity (Wildman–Crippen MR) is 129 cm³/mol. The summed E-state index contributed by atoms with van der Waals surface area (Å²) in [5.74, 6) is 2.13. The lowest BCUT2D eigenvalue weighted by Gasteiger charge is -2.24. The Labute approximate surface area is 190 Å². The van der Waals surface area contributed by atoms with Gasteiger partial charge in [0.1, 0.15) is 5.82 Å². The lowest BCUT2D eigenvalue weighted by molar-refractivity contribution is -0.128. The van der Waals surface area contributed by atoms with Crippen LogP contribution in [0.25, 0.3) is 11.0 Å². The Hall–Kier alpha value is -3.14. The van der Waals surface area contributed by atoms with Crippen molar-refractivity contribution in [3.8, 4) is 0 Å². The zero-order valence-electron chi connectivity index (χ0n) is 19.2. The molecule has 3 aromatic rings. The van der Waals surface area contributed by atoms with Crippen LogP contribution in [0.2, 0.25) is 0 Å². The SMILES string of the molecule is CC1=CC(C(=O)N(Cc2ccccc2)Cc2nc3ccccc3n2CC2CC2)=C(C)C1C. The average Bonchev–Trinajstić information content (AvgIpc) is 3.52. The van der Waals surface area contributed by atoms with Crippen LogP contribution in [0.15, 0.2) is 77.4 Å². The van der Waals surface area contributed by atoms with E-state index in [1.54, 1.807) is 0 Å². The van der Waals surface area contributed by atoms with Gasteiger partial charge >= 0.3 is 0 Å². The molecule has 5 rings (SSSR count).